The molecule has 0 saturated heterocycles. The number of carbonyl (C=O) groups excluding carboxylic acids is 1. The van der Waals surface area contributed by atoms with Gasteiger partial charge in [-0.2, -0.15) is 0 Å². The van der Waals surface area contributed by atoms with Crippen LogP contribution in [-0.4, -0.2) is 5.97 Å². The Bertz CT molecular complexity index is 127. The second kappa shape index (κ2) is 5.03. The maximum Gasteiger partial charge on any atom is 0.0482 e. The van der Waals surface area contributed by atoms with Crippen LogP contribution in [0.3, 0.4) is 0 Å². The van der Waals surface area contributed by atoms with E-state index in [2.05, 4.69) is 0 Å². The molecule has 58 valence electrons. The third kappa shape index (κ3) is 3.28. The molecule has 0 aromatic heterocycles. The number of carbonyl (C=O) groups is 1. The third-order valence-corrected chi connectivity index (χ3v) is 1.35. The van der Waals surface area contributed by atoms with E-state index in [0.717, 1.165) is 6.42 Å². The number of carboxylic acid groups (broad SMARTS) is 1. The monoisotopic (exact) mass is 141 g/mol. The van der Waals surface area contributed by atoms with Crippen LogP contribution in [0.1, 0.15) is 26.7 Å². The van der Waals surface area contributed by atoms with E-state index in [4.69, 9.17) is 0 Å². The molecule has 0 saturated carbocycles. The van der Waals surface area contributed by atoms with Crippen molar-refractivity contribution >= 4 is 5.97 Å². The van der Waals surface area contributed by atoms with Gasteiger partial charge >= 0.3 is 0 Å². The lowest BCUT2D eigenvalue weighted by Crippen LogP contribution is -2.29. The van der Waals surface area contributed by atoms with Gasteiger partial charge in [-0.1, -0.05) is 26.0 Å². The summed E-state index contributed by atoms with van der Waals surface area (Å²) in [7, 11) is 0. The summed E-state index contributed by atoms with van der Waals surface area (Å²) in [6.45, 7) is 3.80. The molecular weight excluding hydrogens is 128 g/mol. The van der Waals surface area contributed by atoms with Crippen LogP contribution in [0.4, 0.5) is 0 Å². The van der Waals surface area contributed by atoms with Gasteiger partial charge in [-0.3, -0.25) is 0 Å². The van der Waals surface area contributed by atoms with Crippen LogP contribution in [0, 0.1) is 5.92 Å². The molecule has 0 amide bonds. The molecular formula is C8H13O2-. The zero-order valence-corrected chi connectivity index (χ0v) is 6.46. The minimum atomic E-state index is -0.979. The molecule has 0 aromatic carbocycles. The molecule has 0 aliphatic heterocycles. The lowest BCUT2D eigenvalue weighted by molar-refractivity contribution is -0.309. The van der Waals surface area contributed by atoms with Crippen molar-refractivity contribution < 1.29 is 9.90 Å². The van der Waals surface area contributed by atoms with Crippen LogP contribution in [0.5, 0.6) is 0 Å². The summed E-state index contributed by atoms with van der Waals surface area (Å²) in [6, 6.07) is 0. The van der Waals surface area contributed by atoms with Gasteiger partial charge in [-0.05, 0) is 12.8 Å². The quantitative estimate of drug-likeness (QED) is 0.541. The lowest BCUT2D eigenvalue weighted by atomic mass is 10.1. The SMILES string of the molecule is CC/C=C/C(CC)C(=O)[O-]. The summed E-state index contributed by atoms with van der Waals surface area (Å²) in [6.07, 6.45) is 5.03. The highest BCUT2D eigenvalue weighted by Crippen LogP contribution is 2.02. The second-order valence-corrected chi connectivity index (χ2v) is 2.17. The average Bonchev–Trinajstić information content (AvgIpc) is 1.89. The summed E-state index contributed by atoms with van der Waals surface area (Å²) in [5, 5.41) is 10.3. The Hall–Kier alpha value is -0.790. The predicted octanol–water partition coefficient (Wildman–Crippen LogP) is 0.729. The Balaban J connectivity index is 3.83. The van der Waals surface area contributed by atoms with E-state index in [9.17, 15) is 9.90 Å². The highest BCUT2D eigenvalue weighted by molar-refractivity contribution is 5.69. The number of carboxylic acids is 1. The fourth-order valence-corrected chi connectivity index (χ4v) is 0.682. The van der Waals surface area contributed by atoms with Gasteiger partial charge < -0.3 is 9.90 Å². The smallest absolute Gasteiger partial charge is 0.0482 e. The highest BCUT2D eigenvalue weighted by atomic mass is 16.4. The minimum Gasteiger partial charge on any atom is -0.550 e. The average molecular weight is 141 g/mol. The molecule has 0 bridgehead atoms. The summed E-state index contributed by atoms with van der Waals surface area (Å²) >= 11 is 0. The first-order chi connectivity index (χ1) is 4.72. The maximum absolute atomic E-state index is 10.3. The van der Waals surface area contributed by atoms with Crippen LogP contribution >= 0.6 is 0 Å². The molecule has 0 heterocycles. The molecule has 1 unspecified atom stereocenters. The van der Waals surface area contributed by atoms with Gasteiger partial charge in [0.1, 0.15) is 0 Å². The Morgan fingerprint density at radius 1 is 1.60 bits per heavy atom. The molecule has 1 atom stereocenters. The molecule has 10 heavy (non-hydrogen) atoms. The van der Waals surface area contributed by atoms with Crippen LogP contribution in [-0.2, 0) is 4.79 Å². The number of hydrogen-bond donors (Lipinski definition) is 0. The molecule has 0 aromatic rings. The van der Waals surface area contributed by atoms with Gasteiger partial charge in [0.05, 0.1) is 0 Å². The Morgan fingerprint density at radius 2 is 2.20 bits per heavy atom. The first-order valence-electron chi connectivity index (χ1n) is 3.59. The van der Waals surface area contributed by atoms with Crippen LogP contribution in [0.2, 0.25) is 0 Å². The van der Waals surface area contributed by atoms with Crippen LogP contribution in [0.25, 0.3) is 0 Å². The molecule has 2 nitrogen and oxygen atoms in total. The fraction of sp³-hybridized carbons (Fsp3) is 0.625. The number of hydrogen-bond acceptors (Lipinski definition) is 2. The molecule has 0 radical (unpaired) electrons. The van der Waals surface area contributed by atoms with Gasteiger partial charge in [0, 0.05) is 11.9 Å². The molecule has 0 aliphatic rings. The molecule has 0 N–H and O–H groups in total. The number of rotatable bonds is 4. The maximum atomic E-state index is 10.3. The number of allylic oxidation sites excluding steroid dienone is 1. The van der Waals surface area contributed by atoms with E-state index < -0.39 is 11.9 Å². The predicted molar refractivity (Wildman–Crippen MR) is 38.2 cm³/mol. The van der Waals surface area contributed by atoms with Crippen molar-refractivity contribution in [2.24, 2.45) is 5.92 Å². The van der Waals surface area contributed by atoms with Gasteiger partial charge in [0.15, 0.2) is 0 Å². The largest absolute Gasteiger partial charge is 0.550 e. The standard InChI is InChI=1S/C8H14O2/c1-3-5-6-7(4-2)8(9)10/h5-7H,3-4H2,1-2H3,(H,9,10)/p-1/b6-5+. The van der Waals surface area contributed by atoms with Crippen LogP contribution < -0.4 is 5.11 Å². The van der Waals surface area contributed by atoms with Gasteiger partial charge in [0.25, 0.3) is 0 Å². The van der Waals surface area contributed by atoms with E-state index in [-0.39, 0.29) is 0 Å². The van der Waals surface area contributed by atoms with Crippen molar-refractivity contribution in [3.8, 4) is 0 Å². The number of aliphatic carboxylic acids is 1. The van der Waals surface area contributed by atoms with E-state index in [1.165, 1.54) is 0 Å². The van der Waals surface area contributed by atoms with Crippen molar-refractivity contribution in [1.29, 1.82) is 0 Å². The summed E-state index contributed by atoms with van der Waals surface area (Å²) in [5.41, 5.74) is 0. The molecule has 0 spiro atoms. The fourth-order valence-electron chi connectivity index (χ4n) is 0.682. The zero-order valence-electron chi connectivity index (χ0n) is 6.46. The van der Waals surface area contributed by atoms with E-state index in [1.54, 1.807) is 6.08 Å². The zero-order chi connectivity index (χ0) is 7.98. The lowest BCUT2D eigenvalue weighted by Gasteiger charge is -2.09. The van der Waals surface area contributed by atoms with E-state index >= 15 is 0 Å². The van der Waals surface area contributed by atoms with Gasteiger partial charge in [-0.25, -0.2) is 0 Å². The van der Waals surface area contributed by atoms with E-state index in [1.807, 2.05) is 19.9 Å². The van der Waals surface area contributed by atoms with Gasteiger partial charge in [0.2, 0.25) is 0 Å². The van der Waals surface area contributed by atoms with Crippen molar-refractivity contribution in [1.82, 2.24) is 0 Å². The summed E-state index contributed by atoms with van der Waals surface area (Å²) < 4.78 is 0. The first-order valence-corrected chi connectivity index (χ1v) is 3.59. The molecule has 0 aliphatic carbocycles. The Kier molecular flexibility index (Phi) is 4.63. The van der Waals surface area contributed by atoms with Gasteiger partial charge in [-0.15, -0.1) is 0 Å². The van der Waals surface area contributed by atoms with Crippen molar-refractivity contribution in [3.63, 3.8) is 0 Å². The summed E-state index contributed by atoms with van der Waals surface area (Å²) in [5.74, 6) is -1.38. The molecule has 2 heteroatoms. The minimum absolute atomic E-state index is 0.403. The van der Waals surface area contributed by atoms with Crippen LogP contribution in [0.15, 0.2) is 12.2 Å². The second-order valence-electron chi connectivity index (χ2n) is 2.17. The molecule has 0 rings (SSSR count). The molecule has 0 fully saturated rings. The van der Waals surface area contributed by atoms with Crippen molar-refractivity contribution in [2.75, 3.05) is 0 Å². The van der Waals surface area contributed by atoms with E-state index in [0.29, 0.717) is 6.42 Å². The topological polar surface area (TPSA) is 40.1 Å². The van der Waals surface area contributed by atoms with Crippen molar-refractivity contribution in [2.45, 2.75) is 26.7 Å². The highest BCUT2D eigenvalue weighted by Gasteiger charge is 1.99. The Labute approximate surface area is 61.6 Å². The Morgan fingerprint density at radius 3 is 2.50 bits per heavy atom. The first kappa shape index (κ1) is 9.21. The third-order valence-electron chi connectivity index (χ3n) is 1.35. The van der Waals surface area contributed by atoms with Crippen molar-refractivity contribution in [3.05, 3.63) is 12.2 Å². The normalized spacial score (nSPS) is 13.8. The summed E-state index contributed by atoms with van der Waals surface area (Å²) in [4.78, 5) is 10.3.